The van der Waals surface area contributed by atoms with Gasteiger partial charge in [-0.3, -0.25) is 0 Å². The molecule has 0 aromatic rings. The van der Waals surface area contributed by atoms with E-state index >= 15 is 0 Å². The summed E-state index contributed by atoms with van der Waals surface area (Å²) in [5.41, 5.74) is 0.562. The number of thioether (sulfide) groups is 1. The monoisotopic (exact) mass is 312 g/mol. The summed E-state index contributed by atoms with van der Waals surface area (Å²) in [7, 11) is 0. The maximum absolute atomic E-state index is 3.74. The average molecular weight is 313 g/mol. The fourth-order valence-electron chi connectivity index (χ4n) is 3.92. The normalized spacial score (nSPS) is 26.4. The molecular formula is C18H36N2S. The maximum Gasteiger partial charge on any atom is 0.0116 e. The summed E-state index contributed by atoms with van der Waals surface area (Å²) < 4.78 is 0.481. The van der Waals surface area contributed by atoms with Crippen molar-refractivity contribution in [2.45, 2.75) is 70.5 Å². The SMILES string of the molecule is CCCNCC1(CN2CCSC(C)(C)CC2)CCCCC1. The zero-order valence-electron chi connectivity index (χ0n) is 14.5. The van der Waals surface area contributed by atoms with Crippen LogP contribution < -0.4 is 5.32 Å². The Balaban J connectivity index is 1.91. The van der Waals surface area contributed by atoms with Gasteiger partial charge in [0.15, 0.2) is 0 Å². The van der Waals surface area contributed by atoms with Crippen molar-refractivity contribution in [2.24, 2.45) is 5.41 Å². The van der Waals surface area contributed by atoms with E-state index in [-0.39, 0.29) is 0 Å². The van der Waals surface area contributed by atoms with Crippen molar-refractivity contribution in [3.63, 3.8) is 0 Å². The third kappa shape index (κ3) is 5.76. The second-order valence-corrected chi connectivity index (χ2v) is 9.67. The molecule has 3 heteroatoms. The highest BCUT2D eigenvalue weighted by atomic mass is 32.2. The summed E-state index contributed by atoms with van der Waals surface area (Å²) in [4.78, 5) is 2.78. The molecule has 1 saturated heterocycles. The highest BCUT2D eigenvalue weighted by Gasteiger charge is 2.34. The lowest BCUT2D eigenvalue weighted by atomic mass is 9.73. The minimum Gasteiger partial charge on any atom is -0.316 e. The van der Waals surface area contributed by atoms with Gasteiger partial charge in [-0.1, -0.05) is 40.0 Å². The van der Waals surface area contributed by atoms with E-state index in [1.54, 1.807) is 0 Å². The smallest absolute Gasteiger partial charge is 0.0116 e. The molecule has 0 spiro atoms. The van der Waals surface area contributed by atoms with Crippen LogP contribution in [0.15, 0.2) is 0 Å². The molecule has 0 amide bonds. The van der Waals surface area contributed by atoms with E-state index in [2.05, 4.69) is 42.7 Å². The Kier molecular flexibility index (Phi) is 6.89. The van der Waals surface area contributed by atoms with Crippen LogP contribution in [0.5, 0.6) is 0 Å². The molecular weight excluding hydrogens is 276 g/mol. The number of rotatable bonds is 6. The lowest BCUT2D eigenvalue weighted by Crippen LogP contribution is -2.46. The quantitative estimate of drug-likeness (QED) is 0.742. The van der Waals surface area contributed by atoms with Crippen LogP contribution in [0, 0.1) is 5.41 Å². The Morgan fingerprint density at radius 3 is 2.52 bits per heavy atom. The molecule has 2 fully saturated rings. The Hall–Kier alpha value is 0.270. The Morgan fingerprint density at radius 2 is 1.81 bits per heavy atom. The standard InChI is InChI=1S/C18H36N2S/c1-4-11-19-15-18(8-6-5-7-9-18)16-20-12-10-17(2,3)21-14-13-20/h19H,4-16H2,1-3H3. The largest absolute Gasteiger partial charge is 0.316 e. The van der Waals surface area contributed by atoms with Gasteiger partial charge in [-0.2, -0.15) is 11.8 Å². The van der Waals surface area contributed by atoms with Crippen LogP contribution in [0.3, 0.4) is 0 Å². The van der Waals surface area contributed by atoms with E-state index < -0.39 is 0 Å². The molecule has 2 aliphatic rings. The van der Waals surface area contributed by atoms with Crippen LogP contribution in [0.25, 0.3) is 0 Å². The summed E-state index contributed by atoms with van der Waals surface area (Å²) in [5.74, 6) is 1.31. The van der Waals surface area contributed by atoms with Gasteiger partial charge in [-0.25, -0.2) is 0 Å². The molecule has 1 aliphatic heterocycles. The van der Waals surface area contributed by atoms with Gasteiger partial charge in [0.1, 0.15) is 0 Å². The van der Waals surface area contributed by atoms with E-state index in [1.807, 2.05) is 0 Å². The van der Waals surface area contributed by atoms with Crippen molar-refractivity contribution >= 4 is 11.8 Å². The minimum atomic E-state index is 0.481. The Morgan fingerprint density at radius 1 is 1.05 bits per heavy atom. The molecule has 1 aliphatic carbocycles. The van der Waals surface area contributed by atoms with Crippen molar-refractivity contribution in [1.29, 1.82) is 0 Å². The molecule has 0 unspecified atom stereocenters. The predicted molar refractivity (Wildman–Crippen MR) is 96.3 cm³/mol. The van der Waals surface area contributed by atoms with E-state index in [0.29, 0.717) is 10.2 Å². The summed E-state index contributed by atoms with van der Waals surface area (Å²) >= 11 is 2.17. The molecule has 0 bridgehead atoms. The minimum absolute atomic E-state index is 0.481. The van der Waals surface area contributed by atoms with Crippen molar-refractivity contribution in [2.75, 3.05) is 38.5 Å². The molecule has 1 saturated carbocycles. The molecule has 0 atom stereocenters. The van der Waals surface area contributed by atoms with Crippen LogP contribution in [0.2, 0.25) is 0 Å². The number of hydrogen-bond donors (Lipinski definition) is 1. The van der Waals surface area contributed by atoms with Gasteiger partial charge in [0.2, 0.25) is 0 Å². The zero-order chi connectivity index (χ0) is 15.2. The second kappa shape index (κ2) is 8.21. The van der Waals surface area contributed by atoms with Gasteiger partial charge in [0, 0.05) is 30.1 Å². The lowest BCUT2D eigenvalue weighted by Gasteiger charge is -2.41. The van der Waals surface area contributed by atoms with Crippen molar-refractivity contribution in [1.82, 2.24) is 10.2 Å². The van der Waals surface area contributed by atoms with Crippen molar-refractivity contribution in [3.05, 3.63) is 0 Å². The molecule has 1 N–H and O–H groups in total. The third-order valence-electron chi connectivity index (χ3n) is 5.33. The fraction of sp³-hybridized carbons (Fsp3) is 1.00. The molecule has 1 heterocycles. The first kappa shape index (κ1) is 17.6. The summed E-state index contributed by atoms with van der Waals surface area (Å²) in [6.45, 7) is 13.5. The lowest BCUT2D eigenvalue weighted by molar-refractivity contribution is 0.105. The Labute approximate surface area is 136 Å². The molecule has 2 rings (SSSR count). The molecule has 0 aromatic carbocycles. The molecule has 0 aromatic heterocycles. The third-order valence-corrected chi connectivity index (χ3v) is 6.70. The van der Waals surface area contributed by atoms with E-state index in [1.165, 1.54) is 83.4 Å². The second-order valence-electron chi connectivity index (χ2n) is 7.87. The predicted octanol–water partition coefficient (Wildman–Crippen LogP) is 4.15. The van der Waals surface area contributed by atoms with Crippen LogP contribution in [-0.2, 0) is 0 Å². The van der Waals surface area contributed by atoms with E-state index in [9.17, 15) is 0 Å². The van der Waals surface area contributed by atoms with Crippen molar-refractivity contribution in [3.8, 4) is 0 Å². The molecule has 0 radical (unpaired) electrons. The number of nitrogens with zero attached hydrogens (tertiary/aromatic N) is 1. The summed E-state index contributed by atoms with van der Waals surface area (Å²) in [6.07, 6.45) is 9.83. The van der Waals surface area contributed by atoms with Gasteiger partial charge >= 0.3 is 0 Å². The summed E-state index contributed by atoms with van der Waals surface area (Å²) in [6, 6.07) is 0. The van der Waals surface area contributed by atoms with Crippen LogP contribution in [0.1, 0.15) is 65.7 Å². The first-order valence-electron chi connectivity index (χ1n) is 9.12. The maximum atomic E-state index is 3.74. The molecule has 21 heavy (non-hydrogen) atoms. The highest BCUT2D eigenvalue weighted by Crippen LogP contribution is 2.38. The van der Waals surface area contributed by atoms with Gasteiger partial charge in [0.05, 0.1) is 0 Å². The van der Waals surface area contributed by atoms with E-state index in [4.69, 9.17) is 0 Å². The first-order valence-corrected chi connectivity index (χ1v) is 10.1. The summed E-state index contributed by atoms with van der Waals surface area (Å²) in [5, 5.41) is 3.74. The van der Waals surface area contributed by atoms with Crippen LogP contribution in [0.4, 0.5) is 0 Å². The topological polar surface area (TPSA) is 15.3 Å². The fourth-order valence-corrected chi connectivity index (χ4v) is 5.06. The highest BCUT2D eigenvalue weighted by molar-refractivity contribution is 8.00. The van der Waals surface area contributed by atoms with Gasteiger partial charge in [0.25, 0.3) is 0 Å². The van der Waals surface area contributed by atoms with Gasteiger partial charge < -0.3 is 10.2 Å². The first-order chi connectivity index (χ1) is 10.1. The van der Waals surface area contributed by atoms with Crippen LogP contribution >= 0.6 is 11.8 Å². The molecule has 2 nitrogen and oxygen atoms in total. The Bertz CT molecular complexity index is 298. The average Bonchev–Trinajstić information content (AvgIpc) is 2.62. The number of nitrogens with one attached hydrogen (secondary N) is 1. The van der Waals surface area contributed by atoms with Gasteiger partial charge in [-0.05, 0) is 44.2 Å². The van der Waals surface area contributed by atoms with E-state index in [0.717, 1.165) is 0 Å². The van der Waals surface area contributed by atoms with Crippen LogP contribution in [-0.4, -0.2) is 48.1 Å². The number of hydrogen-bond acceptors (Lipinski definition) is 3. The van der Waals surface area contributed by atoms with Gasteiger partial charge in [-0.15, -0.1) is 0 Å². The van der Waals surface area contributed by atoms with Crippen molar-refractivity contribution < 1.29 is 0 Å². The molecule has 124 valence electrons. The zero-order valence-corrected chi connectivity index (χ0v) is 15.4.